The van der Waals surface area contributed by atoms with Gasteiger partial charge in [0.2, 0.25) is 5.95 Å². The van der Waals surface area contributed by atoms with Crippen molar-refractivity contribution in [2.45, 2.75) is 12.6 Å². The summed E-state index contributed by atoms with van der Waals surface area (Å²) in [5, 5.41) is 0. The molecule has 0 aliphatic carbocycles. The maximum atomic E-state index is 12.8. The van der Waals surface area contributed by atoms with Crippen molar-refractivity contribution < 1.29 is 13.2 Å². The molecule has 2 aromatic rings. The Morgan fingerprint density at radius 3 is 2.47 bits per heavy atom. The second kappa shape index (κ2) is 4.71. The van der Waals surface area contributed by atoms with Crippen LogP contribution in [-0.2, 0) is 12.6 Å². The molecule has 8 heteroatoms. The zero-order chi connectivity index (χ0) is 14.0. The molecule has 100 valence electrons. The maximum Gasteiger partial charge on any atom is 0.416 e. The summed E-state index contributed by atoms with van der Waals surface area (Å²) in [5.41, 5.74) is 10.5. The van der Waals surface area contributed by atoms with Gasteiger partial charge in [-0.3, -0.25) is 4.98 Å². The van der Waals surface area contributed by atoms with E-state index in [1.165, 1.54) is 6.20 Å². The standard InChI is InChI=1S/C11H10F3N5/c12-11(13,14)8-1-2-17-4-6(8)3-7-5-18-10(16)19-9(7)15/h1-2,4-5H,3H2,(H4,15,16,18,19). The summed E-state index contributed by atoms with van der Waals surface area (Å²) < 4.78 is 38.4. The monoisotopic (exact) mass is 269 g/mol. The topological polar surface area (TPSA) is 90.7 Å². The van der Waals surface area contributed by atoms with E-state index in [2.05, 4.69) is 15.0 Å². The molecule has 2 heterocycles. The number of rotatable bonds is 2. The highest BCUT2D eigenvalue weighted by molar-refractivity contribution is 5.45. The van der Waals surface area contributed by atoms with Gasteiger partial charge in [0, 0.05) is 30.6 Å². The van der Waals surface area contributed by atoms with Gasteiger partial charge >= 0.3 is 6.18 Å². The van der Waals surface area contributed by atoms with Crippen LogP contribution in [0.2, 0.25) is 0 Å². The Hall–Kier alpha value is -2.38. The van der Waals surface area contributed by atoms with Crippen LogP contribution in [-0.4, -0.2) is 15.0 Å². The fourth-order valence-corrected chi connectivity index (χ4v) is 1.62. The SMILES string of the molecule is Nc1ncc(Cc2cnccc2C(F)(F)F)c(N)n1. The van der Waals surface area contributed by atoms with Gasteiger partial charge in [-0.2, -0.15) is 18.2 Å². The molecule has 0 bridgehead atoms. The fourth-order valence-electron chi connectivity index (χ4n) is 1.62. The number of alkyl halides is 3. The first kappa shape index (κ1) is 13.1. The first-order valence-electron chi connectivity index (χ1n) is 5.25. The molecule has 0 aliphatic heterocycles. The third-order valence-electron chi connectivity index (χ3n) is 2.51. The number of hydrogen-bond donors (Lipinski definition) is 2. The van der Waals surface area contributed by atoms with Gasteiger partial charge in [0.25, 0.3) is 0 Å². The van der Waals surface area contributed by atoms with Gasteiger partial charge in [-0.25, -0.2) is 4.98 Å². The summed E-state index contributed by atoms with van der Waals surface area (Å²) in [7, 11) is 0. The Balaban J connectivity index is 2.39. The van der Waals surface area contributed by atoms with E-state index in [4.69, 9.17) is 11.5 Å². The van der Waals surface area contributed by atoms with Crippen molar-refractivity contribution in [3.8, 4) is 0 Å². The zero-order valence-corrected chi connectivity index (χ0v) is 9.65. The summed E-state index contributed by atoms with van der Waals surface area (Å²) >= 11 is 0. The van der Waals surface area contributed by atoms with Crippen molar-refractivity contribution in [3.63, 3.8) is 0 Å². The van der Waals surface area contributed by atoms with Crippen LogP contribution in [0.5, 0.6) is 0 Å². The maximum absolute atomic E-state index is 12.8. The smallest absolute Gasteiger partial charge is 0.383 e. The van der Waals surface area contributed by atoms with E-state index in [1.807, 2.05) is 0 Å². The van der Waals surface area contributed by atoms with Crippen molar-refractivity contribution >= 4 is 11.8 Å². The second-order valence-electron chi connectivity index (χ2n) is 3.85. The molecule has 0 aliphatic rings. The van der Waals surface area contributed by atoms with Gasteiger partial charge in [-0.15, -0.1) is 0 Å². The van der Waals surface area contributed by atoms with Crippen LogP contribution < -0.4 is 11.5 Å². The van der Waals surface area contributed by atoms with Crippen LogP contribution in [0.25, 0.3) is 0 Å². The van der Waals surface area contributed by atoms with E-state index >= 15 is 0 Å². The van der Waals surface area contributed by atoms with Crippen molar-refractivity contribution in [1.29, 1.82) is 0 Å². The van der Waals surface area contributed by atoms with Crippen LogP contribution in [0.4, 0.5) is 24.9 Å². The fraction of sp³-hybridized carbons (Fsp3) is 0.182. The minimum absolute atomic E-state index is 0.00933. The van der Waals surface area contributed by atoms with E-state index < -0.39 is 11.7 Å². The predicted octanol–water partition coefficient (Wildman–Crippen LogP) is 1.65. The third-order valence-corrected chi connectivity index (χ3v) is 2.51. The highest BCUT2D eigenvalue weighted by Crippen LogP contribution is 2.32. The number of pyridine rings is 1. The number of nitrogens with zero attached hydrogens (tertiary/aromatic N) is 3. The molecule has 0 saturated heterocycles. The lowest BCUT2D eigenvalue weighted by atomic mass is 10.0. The average molecular weight is 269 g/mol. The minimum atomic E-state index is -4.44. The van der Waals surface area contributed by atoms with E-state index in [1.54, 1.807) is 0 Å². The van der Waals surface area contributed by atoms with Crippen molar-refractivity contribution in [2.75, 3.05) is 11.5 Å². The van der Waals surface area contributed by atoms with Crippen LogP contribution in [0.15, 0.2) is 24.7 Å². The molecule has 0 radical (unpaired) electrons. The summed E-state index contributed by atoms with van der Waals surface area (Å²) in [4.78, 5) is 11.1. The molecule has 2 rings (SSSR count). The Morgan fingerprint density at radius 1 is 1.11 bits per heavy atom. The highest BCUT2D eigenvalue weighted by Gasteiger charge is 2.33. The van der Waals surface area contributed by atoms with Crippen molar-refractivity contribution in [2.24, 2.45) is 0 Å². The van der Waals surface area contributed by atoms with Crippen LogP contribution in [0.1, 0.15) is 16.7 Å². The van der Waals surface area contributed by atoms with Gasteiger partial charge in [0.15, 0.2) is 0 Å². The van der Waals surface area contributed by atoms with Crippen molar-refractivity contribution in [1.82, 2.24) is 15.0 Å². The molecule has 0 saturated carbocycles. The molecule has 0 fully saturated rings. The number of aromatic nitrogens is 3. The molecule has 0 spiro atoms. The minimum Gasteiger partial charge on any atom is -0.383 e. The lowest BCUT2D eigenvalue weighted by molar-refractivity contribution is -0.138. The average Bonchev–Trinajstić information content (AvgIpc) is 2.32. The lowest BCUT2D eigenvalue weighted by Gasteiger charge is -2.12. The Labute approximate surface area is 106 Å². The first-order chi connectivity index (χ1) is 8.88. The Kier molecular flexibility index (Phi) is 3.24. The molecule has 0 unspecified atom stereocenters. The number of nitrogen functional groups attached to an aromatic ring is 2. The number of halogens is 3. The molecule has 0 amide bonds. The van der Waals surface area contributed by atoms with Crippen molar-refractivity contribution in [3.05, 3.63) is 41.3 Å². The van der Waals surface area contributed by atoms with Gasteiger partial charge < -0.3 is 11.5 Å². The summed E-state index contributed by atoms with van der Waals surface area (Å²) in [5.74, 6) is 0.0351. The van der Waals surface area contributed by atoms with Gasteiger partial charge in [-0.1, -0.05) is 0 Å². The summed E-state index contributed by atoms with van der Waals surface area (Å²) in [6.45, 7) is 0. The van der Waals surface area contributed by atoms with Crippen LogP contribution >= 0.6 is 0 Å². The third kappa shape index (κ3) is 2.90. The zero-order valence-electron chi connectivity index (χ0n) is 9.65. The van der Waals surface area contributed by atoms with E-state index in [9.17, 15) is 13.2 Å². The van der Waals surface area contributed by atoms with Gasteiger partial charge in [0.1, 0.15) is 5.82 Å². The molecular formula is C11H10F3N5. The van der Waals surface area contributed by atoms with E-state index in [0.29, 0.717) is 5.56 Å². The molecule has 19 heavy (non-hydrogen) atoms. The highest BCUT2D eigenvalue weighted by atomic mass is 19.4. The Bertz CT molecular complexity index is 597. The molecule has 4 N–H and O–H groups in total. The molecule has 2 aromatic heterocycles. The van der Waals surface area contributed by atoms with Gasteiger partial charge in [-0.05, 0) is 11.6 Å². The number of anilines is 2. The van der Waals surface area contributed by atoms with Crippen LogP contribution in [0.3, 0.4) is 0 Å². The number of hydrogen-bond acceptors (Lipinski definition) is 5. The largest absolute Gasteiger partial charge is 0.416 e. The van der Waals surface area contributed by atoms with Crippen LogP contribution in [0, 0.1) is 0 Å². The lowest BCUT2D eigenvalue weighted by Crippen LogP contribution is -2.11. The Morgan fingerprint density at radius 2 is 1.84 bits per heavy atom. The normalized spacial score (nSPS) is 11.5. The van der Waals surface area contributed by atoms with E-state index in [0.717, 1.165) is 18.5 Å². The molecular weight excluding hydrogens is 259 g/mol. The first-order valence-corrected chi connectivity index (χ1v) is 5.25. The van der Waals surface area contributed by atoms with Gasteiger partial charge in [0.05, 0.1) is 5.56 Å². The molecule has 5 nitrogen and oxygen atoms in total. The quantitative estimate of drug-likeness (QED) is 0.865. The number of nitrogens with two attached hydrogens (primary N) is 2. The summed E-state index contributed by atoms with van der Waals surface area (Å²) in [6.07, 6.45) is -0.949. The molecule has 0 atom stereocenters. The second-order valence-corrected chi connectivity index (χ2v) is 3.85. The molecule has 0 aromatic carbocycles. The summed E-state index contributed by atoms with van der Waals surface area (Å²) in [6, 6.07) is 0.920. The van der Waals surface area contributed by atoms with E-state index in [-0.39, 0.29) is 23.8 Å². The predicted molar refractivity (Wildman–Crippen MR) is 62.9 cm³/mol.